The van der Waals surface area contributed by atoms with Crippen LogP contribution in [0.25, 0.3) is 0 Å². The second kappa shape index (κ2) is 7.10. The Bertz CT molecular complexity index is 270. The smallest absolute Gasteiger partial charge is 0.226 e. The first kappa shape index (κ1) is 15.4. The Balaban J connectivity index is 2.56. The number of hydrogen-bond donors (Lipinski definition) is 1. The molecule has 0 aromatic rings. The molecule has 0 spiro atoms. The normalized spacial score (nSPS) is 26.9. The van der Waals surface area contributed by atoms with E-state index in [0.717, 1.165) is 32.6 Å². The molecule has 1 aliphatic heterocycles. The van der Waals surface area contributed by atoms with Crippen LogP contribution in [0.2, 0.25) is 0 Å². The van der Waals surface area contributed by atoms with E-state index in [2.05, 4.69) is 24.1 Å². The van der Waals surface area contributed by atoms with Crippen molar-refractivity contribution >= 4 is 5.91 Å². The zero-order valence-corrected chi connectivity index (χ0v) is 12.6. The summed E-state index contributed by atoms with van der Waals surface area (Å²) in [4.78, 5) is 16.8. The van der Waals surface area contributed by atoms with Gasteiger partial charge in [-0.2, -0.15) is 0 Å². The predicted molar refractivity (Wildman–Crippen MR) is 75.5 cm³/mol. The van der Waals surface area contributed by atoms with E-state index in [1.807, 2.05) is 25.9 Å². The number of carbonyl (C=O) groups excluding carboxylic acids is 1. The van der Waals surface area contributed by atoms with E-state index in [4.69, 9.17) is 0 Å². The van der Waals surface area contributed by atoms with Crippen LogP contribution in [0.1, 0.15) is 27.2 Å². The van der Waals surface area contributed by atoms with Gasteiger partial charge in [-0.05, 0) is 25.9 Å². The fourth-order valence-corrected chi connectivity index (χ4v) is 2.99. The minimum absolute atomic E-state index is 0.0661. The Labute approximate surface area is 112 Å². The maximum atomic E-state index is 12.3. The van der Waals surface area contributed by atoms with E-state index >= 15 is 0 Å². The minimum atomic E-state index is 0.0661. The molecule has 0 unspecified atom stereocenters. The summed E-state index contributed by atoms with van der Waals surface area (Å²) < 4.78 is 0. The molecule has 4 nitrogen and oxygen atoms in total. The third-order valence-electron chi connectivity index (χ3n) is 4.17. The summed E-state index contributed by atoms with van der Waals surface area (Å²) in [5.41, 5.74) is 0. The highest BCUT2D eigenvalue weighted by Crippen LogP contribution is 2.22. The van der Waals surface area contributed by atoms with Crippen LogP contribution in [0.15, 0.2) is 0 Å². The van der Waals surface area contributed by atoms with E-state index in [1.165, 1.54) is 0 Å². The Hall–Kier alpha value is -0.610. The van der Waals surface area contributed by atoms with Crippen LogP contribution < -0.4 is 5.32 Å². The maximum Gasteiger partial charge on any atom is 0.226 e. The van der Waals surface area contributed by atoms with Crippen LogP contribution in [0.3, 0.4) is 0 Å². The molecule has 1 rings (SSSR count). The number of carbonyl (C=O) groups is 1. The molecule has 0 radical (unpaired) electrons. The van der Waals surface area contributed by atoms with Gasteiger partial charge in [-0.3, -0.25) is 4.79 Å². The van der Waals surface area contributed by atoms with Crippen LogP contribution in [0, 0.1) is 11.8 Å². The summed E-state index contributed by atoms with van der Waals surface area (Å²) in [6, 6.07) is 0.402. The van der Waals surface area contributed by atoms with Crippen molar-refractivity contribution in [3.8, 4) is 0 Å². The van der Waals surface area contributed by atoms with Gasteiger partial charge in [0.2, 0.25) is 5.91 Å². The van der Waals surface area contributed by atoms with E-state index in [9.17, 15) is 4.79 Å². The molecule has 1 saturated heterocycles. The van der Waals surface area contributed by atoms with Gasteiger partial charge < -0.3 is 15.1 Å². The van der Waals surface area contributed by atoms with Crippen LogP contribution >= 0.6 is 0 Å². The number of nitrogens with one attached hydrogen (secondary N) is 1. The van der Waals surface area contributed by atoms with Gasteiger partial charge in [0.25, 0.3) is 0 Å². The number of likely N-dealkylation sites (tertiary alicyclic amines) is 1. The highest BCUT2D eigenvalue weighted by molar-refractivity contribution is 5.78. The second-order valence-corrected chi connectivity index (χ2v) is 5.63. The highest BCUT2D eigenvalue weighted by Gasteiger charge is 2.31. The minimum Gasteiger partial charge on any atom is -0.342 e. The predicted octanol–water partition coefficient (Wildman–Crippen LogP) is 1.03. The highest BCUT2D eigenvalue weighted by atomic mass is 16.2. The van der Waals surface area contributed by atoms with Crippen LogP contribution in [-0.4, -0.2) is 62.0 Å². The lowest BCUT2D eigenvalue weighted by Crippen LogP contribution is -2.52. The summed E-state index contributed by atoms with van der Waals surface area (Å²) >= 11 is 0. The van der Waals surface area contributed by atoms with Gasteiger partial charge in [-0.15, -0.1) is 0 Å². The molecule has 1 fully saturated rings. The summed E-state index contributed by atoms with van der Waals surface area (Å²) in [5, 5.41) is 3.08. The zero-order valence-electron chi connectivity index (χ0n) is 12.6. The summed E-state index contributed by atoms with van der Waals surface area (Å²) in [6.07, 6.45) is 1.10. The first-order valence-electron chi connectivity index (χ1n) is 7.14. The standard InChI is InChI=1S/C14H29N3O/c1-6-17-8-7-13(12(3)10-17)16(5)14(18)11(2)9-15-4/h11-13,15H,6-10H2,1-5H3/t11-,12-,13-/m0/s1. The third-order valence-corrected chi connectivity index (χ3v) is 4.17. The van der Waals surface area contributed by atoms with Crippen molar-refractivity contribution in [3.63, 3.8) is 0 Å². The quantitative estimate of drug-likeness (QED) is 0.797. The molecule has 106 valence electrons. The van der Waals surface area contributed by atoms with Crippen molar-refractivity contribution in [3.05, 3.63) is 0 Å². The summed E-state index contributed by atoms with van der Waals surface area (Å²) in [5.74, 6) is 0.900. The van der Waals surface area contributed by atoms with Gasteiger partial charge in [0.05, 0.1) is 0 Å². The van der Waals surface area contributed by atoms with Gasteiger partial charge in [-0.1, -0.05) is 20.8 Å². The van der Waals surface area contributed by atoms with E-state index in [0.29, 0.717) is 12.0 Å². The average molecular weight is 255 g/mol. The number of nitrogens with zero attached hydrogens (tertiary/aromatic N) is 2. The van der Waals surface area contributed by atoms with Crippen molar-refractivity contribution in [2.24, 2.45) is 11.8 Å². The Kier molecular flexibility index (Phi) is 6.09. The summed E-state index contributed by atoms with van der Waals surface area (Å²) in [7, 11) is 3.86. The van der Waals surface area contributed by atoms with E-state index < -0.39 is 0 Å². The Morgan fingerprint density at radius 3 is 2.72 bits per heavy atom. The molecule has 0 aliphatic carbocycles. The fraction of sp³-hybridized carbons (Fsp3) is 0.929. The molecule has 18 heavy (non-hydrogen) atoms. The lowest BCUT2D eigenvalue weighted by molar-refractivity contribution is -0.137. The molecule has 4 heteroatoms. The SMILES string of the molecule is CCN1CC[C@H](N(C)C(=O)[C@@H](C)CNC)[C@@H](C)C1. The van der Waals surface area contributed by atoms with Gasteiger partial charge >= 0.3 is 0 Å². The van der Waals surface area contributed by atoms with Gasteiger partial charge in [0, 0.05) is 38.6 Å². The van der Waals surface area contributed by atoms with Crippen molar-refractivity contribution in [1.29, 1.82) is 0 Å². The van der Waals surface area contributed by atoms with Crippen LogP contribution in [0.4, 0.5) is 0 Å². The molecule has 0 aromatic carbocycles. The third kappa shape index (κ3) is 3.69. The second-order valence-electron chi connectivity index (χ2n) is 5.63. The lowest BCUT2D eigenvalue weighted by atomic mass is 9.92. The molecule has 0 saturated carbocycles. The van der Waals surface area contributed by atoms with Gasteiger partial charge in [-0.25, -0.2) is 0 Å². The van der Waals surface area contributed by atoms with Crippen molar-refractivity contribution < 1.29 is 4.79 Å². The zero-order chi connectivity index (χ0) is 13.7. The Morgan fingerprint density at radius 2 is 2.22 bits per heavy atom. The van der Waals surface area contributed by atoms with Gasteiger partial charge in [0.1, 0.15) is 0 Å². The number of amides is 1. The van der Waals surface area contributed by atoms with Crippen LogP contribution in [-0.2, 0) is 4.79 Å². The fourth-order valence-electron chi connectivity index (χ4n) is 2.99. The number of piperidine rings is 1. The first-order chi connectivity index (χ1) is 8.51. The average Bonchev–Trinajstić information content (AvgIpc) is 2.37. The first-order valence-corrected chi connectivity index (χ1v) is 7.14. The van der Waals surface area contributed by atoms with E-state index in [1.54, 1.807) is 0 Å². The topological polar surface area (TPSA) is 35.6 Å². The van der Waals surface area contributed by atoms with Crippen LogP contribution in [0.5, 0.6) is 0 Å². The molecule has 1 N–H and O–H groups in total. The maximum absolute atomic E-state index is 12.3. The number of hydrogen-bond acceptors (Lipinski definition) is 3. The number of rotatable bonds is 5. The van der Waals surface area contributed by atoms with Gasteiger partial charge in [0.15, 0.2) is 0 Å². The van der Waals surface area contributed by atoms with Crippen molar-refractivity contribution in [1.82, 2.24) is 15.1 Å². The van der Waals surface area contributed by atoms with Crippen molar-refractivity contribution in [2.75, 3.05) is 40.3 Å². The molecular weight excluding hydrogens is 226 g/mol. The Morgan fingerprint density at radius 1 is 1.56 bits per heavy atom. The van der Waals surface area contributed by atoms with E-state index in [-0.39, 0.29) is 11.8 Å². The monoisotopic (exact) mass is 255 g/mol. The largest absolute Gasteiger partial charge is 0.342 e. The lowest BCUT2D eigenvalue weighted by Gasteiger charge is -2.41. The molecule has 0 aromatic heterocycles. The molecule has 1 aliphatic rings. The molecule has 1 amide bonds. The summed E-state index contributed by atoms with van der Waals surface area (Å²) in [6.45, 7) is 10.6. The molecule has 0 bridgehead atoms. The molecular formula is C14H29N3O. The molecule has 3 atom stereocenters. The molecule has 1 heterocycles. The van der Waals surface area contributed by atoms with Crippen molar-refractivity contribution in [2.45, 2.75) is 33.2 Å².